The normalized spacial score (nSPS) is 23.8. The van der Waals surface area contributed by atoms with Crippen LogP contribution in [0.2, 0.25) is 0 Å². The smallest absolute Gasteiger partial charge is 0.0290 e. The fraction of sp³-hybridized carbons (Fsp3) is 0.364. The van der Waals surface area contributed by atoms with Crippen molar-refractivity contribution in [3.8, 4) is 0 Å². The van der Waals surface area contributed by atoms with E-state index in [1.54, 1.807) is 0 Å². The average Bonchev–Trinajstić information content (AvgIpc) is 2.62. The molecule has 0 radical (unpaired) electrons. The van der Waals surface area contributed by atoms with Gasteiger partial charge in [-0.25, -0.2) is 0 Å². The molecule has 0 amide bonds. The van der Waals surface area contributed by atoms with Crippen LogP contribution in [0, 0.1) is 0 Å². The van der Waals surface area contributed by atoms with Gasteiger partial charge in [-0.1, -0.05) is 67.1 Å². The summed E-state index contributed by atoms with van der Waals surface area (Å²) in [5, 5.41) is 0. The number of benzene rings is 2. The molecule has 2 bridgehead atoms. The minimum absolute atomic E-state index is 0.585. The first kappa shape index (κ1) is 15.6. The summed E-state index contributed by atoms with van der Waals surface area (Å²) in [6, 6.07) is 21.0. The van der Waals surface area contributed by atoms with Crippen molar-refractivity contribution in [1.82, 2.24) is 4.90 Å². The van der Waals surface area contributed by atoms with E-state index < -0.39 is 0 Å². The van der Waals surface area contributed by atoms with Crippen LogP contribution >= 0.6 is 0 Å². The molecule has 2 nitrogen and oxygen atoms in total. The van der Waals surface area contributed by atoms with Crippen molar-refractivity contribution in [3.63, 3.8) is 0 Å². The van der Waals surface area contributed by atoms with Gasteiger partial charge in [-0.15, -0.1) is 0 Å². The predicted molar refractivity (Wildman–Crippen MR) is 100 cm³/mol. The van der Waals surface area contributed by atoms with E-state index >= 15 is 0 Å². The molecule has 2 aromatic carbocycles. The Hall–Kier alpha value is -1.90. The number of nitrogens with zero attached hydrogens (tertiary/aromatic N) is 1. The maximum Gasteiger partial charge on any atom is 0.0290 e. The second-order valence-electron chi connectivity index (χ2n) is 7.11. The van der Waals surface area contributed by atoms with E-state index in [0.717, 1.165) is 6.54 Å². The van der Waals surface area contributed by atoms with Crippen LogP contribution in [0.5, 0.6) is 0 Å². The van der Waals surface area contributed by atoms with Gasteiger partial charge in [-0.3, -0.25) is 4.90 Å². The fourth-order valence-electron chi connectivity index (χ4n) is 4.23. The zero-order valence-corrected chi connectivity index (χ0v) is 14.2. The molecule has 2 aliphatic heterocycles. The van der Waals surface area contributed by atoms with E-state index in [4.69, 9.17) is 5.73 Å². The number of rotatable bonds is 4. The Kier molecular flexibility index (Phi) is 4.50. The number of nitrogens with two attached hydrogens (primary N) is 1. The molecule has 2 unspecified atom stereocenters. The first-order valence-electron chi connectivity index (χ1n) is 9.13. The molecule has 1 saturated heterocycles. The number of piperidine rings is 1. The van der Waals surface area contributed by atoms with Crippen molar-refractivity contribution in [2.45, 2.75) is 50.9 Å². The first-order valence-corrected chi connectivity index (χ1v) is 9.13. The summed E-state index contributed by atoms with van der Waals surface area (Å²) in [5.41, 5.74) is 11.3. The Morgan fingerprint density at radius 3 is 2.42 bits per heavy atom. The van der Waals surface area contributed by atoms with Gasteiger partial charge in [-0.2, -0.15) is 0 Å². The minimum Gasteiger partial charge on any atom is -0.326 e. The molecule has 2 atom stereocenters. The van der Waals surface area contributed by atoms with Crippen LogP contribution in [-0.4, -0.2) is 17.0 Å². The van der Waals surface area contributed by atoms with Crippen LogP contribution in [0.3, 0.4) is 0 Å². The largest absolute Gasteiger partial charge is 0.326 e. The second kappa shape index (κ2) is 6.92. The Labute approximate surface area is 145 Å². The van der Waals surface area contributed by atoms with Crippen LogP contribution in [0.25, 0.3) is 5.57 Å². The van der Waals surface area contributed by atoms with Crippen molar-refractivity contribution in [1.29, 1.82) is 0 Å². The quantitative estimate of drug-likeness (QED) is 0.908. The molecular formula is C22H26N2. The van der Waals surface area contributed by atoms with E-state index in [2.05, 4.69) is 65.6 Å². The maximum atomic E-state index is 5.72. The number of hydrogen-bond acceptors (Lipinski definition) is 2. The van der Waals surface area contributed by atoms with Crippen molar-refractivity contribution < 1.29 is 0 Å². The van der Waals surface area contributed by atoms with Crippen LogP contribution in [-0.2, 0) is 13.1 Å². The molecule has 124 valence electrons. The summed E-state index contributed by atoms with van der Waals surface area (Å²) in [7, 11) is 0. The molecule has 0 saturated carbocycles. The summed E-state index contributed by atoms with van der Waals surface area (Å²) >= 11 is 0. The minimum atomic E-state index is 0.585. The van der Waals surface area contributed by atoms with Gasteiger partial charge >= 0.3 is 0 Å². The molecule has 0 aromatic heterocycles. The van der Waals surface area contributed by atoms with Crippen LogP contribution in [0.4, 0.5) is 0 Å². The molecule has 2 aromatic rings. The highest BCUT2D eigenvalue weighted by Crippen LogP contribution is 2.37. The monoisotopic (exact) mass is 318 g/mol. The van der Waals surface area contributed by atoms with Crippen molar-refractivity contribution in [2.24, 2.45) is 5.73 Å². The fourth-order valence-corrected chi connectivity index (χ4v) is 4.23. The molecule has 0 spiro atoms. The lowest BCUT2D eigenvalue weighted by molar-refractivity contribution is 0.0951. The SMILES string of the molecule is NCc1ccc(C2=CC3CCCC(C2)N3Cc2ccccc2)cc1. The zero-order valence-electron chi connectivity index (χ0n) is 14.2. The highest BCUT2D eigenvalue weighted by atomic mass is 15.2. The number of fused-ring (bicyclic) bond motifs is 2. The highest BCUT2D eigenvalue weighted by Gasteiger charge is 2.33. The molecule has 2 aliphatic rings. The van der Waals surface area contributed by atoms with Crippen molar-refractivity contribution in [2.75, 3.05) is 0 Å². The third-order valence-electron chi connectivity index (χ3n) is 5.55. The van der Waals surface area contributed by atoms with E-state index in [9.17, 15) is 0 Å². The summed E-state index contributed by atoms with van der Waals surface area (Å²) in [6.07, 6.45) is 7.66. The van der Waals surface area contributed by atoms with Gasteiger partial charge < -0.3 is 5.73 Å². The Morgan fingerprint density at radius 2 is 1.71 bits per heavy atom. The second-order valence-corrected chi connectivity index (χ2v) is 7.11. The van der Waals surface area contributed by atoms with E-state index in [0.29, 0.717) is 18.6 Å². The van der Waals surface area contributed by atoms with Crippen molar-refractivity contribution in [3.05, 3.63) is 77.4 Å². The zero-order chi connectivity index (χ0) is 16.4. The summed E-state index contributed by atoms with van der Waals surface area (Å²) in [6.45, 7) is 1.70. The topological polar surface area (TPSA) is 29.3 Å². The Balaban J connectivity index is 1.57. The van der Waals surface area contributed by atoms with Crippen LogP contribution in [0.1, 0.15) is 42.4 Å². The van der Waals surface area contributed by atoms with Gasteiger partial charge in [0.2, 0.25) is 0 Å². The third kappa shape index (κ3) is 3.17. The van der Waals surface area contributed by atoms with Gasteiger partial charge in [0.1, 0.15) is 0 Å². The Morgan fingerprint density at radius 1 is 0.917 bits per heavy atom. The van der Waals surface area contributed by atoms with Gasteiger partial charge in [0.25, 0.3) is 0 Å². The predicted octanol–water partition coefficient (Wildman–Crippen LogP) is 4.36. The first-order chi connectivity index (χ1) is 11.8. The summed E-state index contributed by atoms with van der Waals surface area (Å²) < 4.78 is 0. The lowest BCUT2D eigenvalue weighted by Gasteiger charge is -2.45. The van der Waals surface area contributed by atoms with E-state index in [-0.39, 0.29) is 0 Å². The number of hydrogen-bond donors (Lipinski definition) is 1. The van der Waals surface area contributed by atoms with E-state index in [1.165, 1.54) is 47.9 Å². The van der Waals surface area contributed by atoms with Crippen molar-refractivity contribution >= 4 is 5.57 Å². The molecule has 1 fully saturated rings. The average molecular weight is 318 g/mol. The maximum absolute atomic E-state index is 5.72. The molecule has 4 rings (SSSR count). The molecule has 24 heavy (non-hydrogen) atoms. The van der Waals surface area contributed by atoms with Crippen LogP contribution in [0.15, 0.2) is 60.7 Å². The molecule has 2 heteroatoms. The highest BCUT2D eigenvalue weighted by molar-refractivity contribution is 5.68. The van der Waals surface area contributed by atoms with E-state index in [1.807, 2.05) is 0 Å². The summed E-state index contributed by atoms with van der Waals surface area (Å²) in [5.74, 6) is 0. The molecular weight excluding hydrogens is 292 g/mol. The van der Waals surface area contributed by atoms with Gasteiger partial charge in [0.15, 0.2) is 0 Å². The van der Waals surface area contributed by atoms with Gasteiger partial charge in [-0.05, 0) is 41.5 Å². The molecule has 0 aliphatic carbocycles. The van der Waals surface area contributed by atoms with Gasteiger partial charge in [0.05, 0.1) is 0 Å². The Bertz CT molecular complexity index is 703. The third-order valence-corrected chi connectivity index (χ3v) is 5.55. The standard InChI is InChI=1S/C22H26N2/c23-15-17-9-11-19(12-10-17)20-13-21-7-4-8-22(14-20)24(21)16-18-5-2-1-3-6-18/h1-3,5-6,9-13,21-22H,4,7-8,14-16,23H2. The molecule has 2 heterocycles. The van der Waals surface area contributed by atoms with Gasteiger partial charge in [0, 0.05) is 25.2 Å². The molecule has 2 N–H and O–H groups in total. The summed E-state index contributed by atoms with van der Waals surface area (Å²) in [4.78, 5) is 2.72. The lowest BCUT2D eigenvalue weighted by Crippen LogP contribution is -2.47. The van der Waals surface area contributed by atoms with Crippen LogP contribution < -0.4 is 5.73 Å². The lowest BCUT2D eigenvalue weighted by atomic mass is 9.82.